The first-order valence-electron chi connectivity index (χ1n) is 31.6. The number of rotatable bonds is 30. The van der Waals surface area contributed by atoms with Crippen molar-refractivity contribution in [1.82, 2.24) is 16.0 Å². The zero-order valence-electron chi connectivity index (χ0n) is 52.5. The summed E-state index contributed by atoms with van der Waals surface area (Å²) in [6, 6.07) is -4.97. The largest absolute Gasteiger partial charge is 0.394 e. The Labute approximate surface area is 544 Å². The molecule has 7 heterocycles. The maximum Gasteiger partial charge on any atom is 0.217 e. The highest BCUT2D eigenvalue weighted by Gasteiger charge is 2.58. The van der Waals surface area contributed by atoms with E-state index in [0.29, 0.717) is 6.42 Å². The molecule has 7 fully saturated rings. The van der Waals surface area contributed by atoms with Crippen molar-refractivity contribution in [2.75, 3.05) is 52.9 Å². The van der Waals surface area contributed by atoms with Crippen molar-refractivity contribution < 1.29 is 178 Å². The van der Waals surface area contributed by atoms with Crippen LogP contribution in [0.25, 0.3) is 0 Å². The first kappa shape index (κ1) is 79.4. The van der Waals surface area contributed by atoms with Crippen LogP contribution in [0.5, 0.6) is 0 Å². The monoisotopic (exact) mass is 1390 g/mol. The Kier molecular flexibility index (Phi) is 30.6. The fourth-order valence-corrected chi connectivity index (χ4v) is 12.2. The summed E-state index contributed by atoms with van der Waals surface area (Å²) in [5, 5.41) is 215. The van der Waals surface area contributed by atoms with Gasteiger partial charge in [-0.25, -0.2) is 0 Å². The number of carbonyl (C=O) groups is 3. The number of amides is 3. The van der Waals surface area contributed by atoms with E-state index in [1.165, 1.54) is 0 Å². The van der Waals surface area contributed by atoms with Crippen LogP contribution in [0.3, 0.4) is 0 Å². The highest BCUT2D eigenvalue weighted by atomic mass is 16.8. The minimum atomic E-state index is -2.23. The van der Waals surface area contributed by atoms with Crippen LogP contribution in [0.15, 0.2) is 0 Å². The summed E-state index contributed by atoms with van der Waals surface area (Å²) in [6.07, 6.45) is -52.9. The fraction of sp³-hybridized carbons (Fsp3) is 0.946. The van der Waals surface area contributed by atoms with E-state index in [4.69, 9.17) is 66.3 Å². The Balaban J connectivity index is 0.974. The van der Waals surface area contributed by atoms with Crippen LogP contribution in [-0.2, 0) is 80.7 Å². The lowest BCUT2D eigenvalue weighted by Gasteiger charge is -2.50. The average Bonchev–Trinajstić information content (AvgIpc) is 0.778. The Bertz CT molecular complexity index is 2330. The predicted octanol–water partition coefficient (Wildman–Crippen LogP) is -12.5. The van der Waals surface area contributed by atoms with Gasteiger partial charge in [-0.15, -0.1) is 0 Å². The molecule has 0 spiro atoms. The van der Waals surface area contributed by atoms with Crippen molar-refractivity contribution in [2.45, 2.75) is 281 Å². The number of carbonyl (C=O) groups excluding carboxylic acids is 3. The molecule has 0 aromatic carbocycles. The average molecular weight is 1390 g/mol. The minimum absolute atomic E-state index is 0.162. The molecule has 0 bridgehead atoms. The molecule has 3 amide bonds. The molecule has 39 heteroatoms. The van der Waals surface area contributed by atoms with E-state index in [1.54, 1.807) is 0 Å². The van der Waals surface area contributed by atoms with Crippen LogP contribution in [0.4, 0.5) is 0 Å². The van der Waals surface area contributed by atoms with Crippen molar-refractivity contribution in [3.8, 4) is 0 Å². The number of nitrogens with one attached hydrogen (secondary N) is 3. The maximum atomic E-state index is 12.7. The Morgan fingerprint density at radius 1 is 0.305 bits per heavy atom. The molecule has 22 N–H and O–H groups in total. The first-order valence-corrected chi connectivity index (χ1v) is 31.6. The quantitative estimate of drug-likeness (QED) is 0.0297. The van der Waals surface area contributed by atoms with Gasteiger partial charge in [-0.3, -0.25) is 14.4 Å². The van der Waals surface area contributed by atoms with Crippen LogP contribution < -0.4 is 16.0 Å². The van der Waals surface area contributed by atoms with Gasteiger partial charge < -0.3 is 179 Å². The van der Waals surface area contributed by atoms with Gasteiger partial charge in [-0.1, -0.05) is 39.0 Å². The van der Waals surface area contributed by atoms with Gasteiger partial charge >= 0.3 is 0 Å². The van der Waals surface area contributed by atoms with Gasteiger partial charge in [0.1, 0.15) is 171 Å². The summed E-state index contributed by atoms with van der Waals surface area (Å²) in [4.78, 5) is 37.3. The van der Waals surface area contributed by atoms with Crippen LogP contribution in [0, 0.1) is 0 Å². The molecule has 0 unspecified atom stereocenters. The van der Waals surface area contributed by atoms with Crippen molar-refractivity contribution in [3.05, 3.63) is 0 Å². The number of ether oxygens (including phenoxy) is 14. The van der Waals surface area contributed by atoms with Crippen LogP contribution >= 0.6 is 0 Å². The molecule has 7 aliphatic heterocycles. The Morgan fingerprint density at radius 3 is 1.01 bits per heavy atom. The number of aliphatic hydroxyl groups is 19. The van der Waals surface area contributed by atoms with Gasteiger partial charge in [0.05, 0.1) is 46.2 Å². The third-order valence-electron chi connectivity index (χ3n) is 17.5. The smallest absolute Gasteiger partial charge is 0.217 e. The molecule has 35 atom stereocenters. The summed E-state index contributed by atoms with van der Waals surface area (Å²) in [5.74, 6) is -2.38. The molecule has 0 radical (unpaired) electrons. The summed E-state index contributed by atoms with van der Waals surface area (Å²) in [6.45, 7) is -0.990. The zero-order valence-corrected chi connectivity index (χ0v) is 52.5. The SMILES string of the molecule is CCCCCCCCO[C@@H]1O[C@H](CO[C@H]2O[C@H](CO[C@@H]3O[C@H](CO)[C@@H](O[C@@H]4O[C@H](CO)[C@H](O[C@@H]5O[C@H](CO)[C@@H](O[C@@H]6O[C@H](CO)[C@H](O[C@@H]7O[C@H](CO)[C@@H](O)[C@H](O)[C@H]7NC(C)=O)[C@H](O)[C@H]6O)[C@H](O)[C@H]5NC(C)=O)[C@H](O)[C@H]4O)[C@H](O)[C@H]3NC(C)=O)[C@@H](O)[C@H](O)[C@@H]2O)[C@@H](O)[C@H](O)[C@@H]1O. The van der Waals surface area contributed by atoms with E-state index in [0.717, 1.165) is 52.9 Å². The first-order chi connectivity index (χ1) is 45.1. The molecule has 0 aliphatic carbocycles. The zero-order chi connectivity index (χ0) is 69.9. The summed E-state index contributed by atoms with van der Waals surface area (Å²) in [7, 11) is 0. The molecule has 0 aromatic heterocycles. The third kappa shape index (κ3) is 19.2. The van der Waals surface area contributed by atoms with Crippen molar-refractivity contribution in [3.63, 3.8) is 0 Å². The minimum Gasteiger partial charge on any atom is -0.394 e. The van der Waals surface area contributed by atoms with E-state index in [1.807, 2.05) is 0 Å². The van der Waals surface area contributed by atoms with Crippen molar-refractivity contribution >= 4 is 17.7 Å². The number of unbranched alkanes of at least 4 members (excludes halogenated alkanes) is 5. The van der Waals surface area contributed by atoms with Crippen molar-refractivity contribution in [1.29, 1.82) is 0 Å². The lowest BCUT2D eigenvalue weighted by atomic mass is 9.94. The van der Waals surface area contributed by atoms with Gasteiger partial charge in [-0.05, 0) is 6.42 Å². The van der Waals surface area contributed by atoms with Crippen LogP contribution in [0.1, 0.15) is 66.2 Å². The molecule has 7 rings (SSSR count). The Morgan fingerprint density at radius 2 is 0.600 bits per heavy atom. The van der Waals surface area contributed by atoms with Crippen LogP contribution in [-0.4, -0.2) is 382 Å². The standard InChI is InChI=1S/C56H97N3O36/c1-5-6-7-8-9-10-11-82-53-42(78)38(74)34(70)28(90-53)18-84-54-43(79)39(75)33(69)27(91-54)17-83-50-30(58-20(3)66)36(72)46(23(13-61)86-50)94-55-45(81)41(77)49(26(16-64)89-55)93-52-31(59-21(4)67)37(73)47(24(14-62)87-52)95-56-44(80)40(76)48(25(15-63)88-56)92-51-29(57-19(2)65)35(71)32(68)22(12-60)85-51/h22-56,60-64,68-81H,5-18H2,1-4H3,(H,57,65)(H,58,66)(H,59,67)/t22-,23-,24-,25-,26-,27-,28-,29-,30-,31-,32-,33-,34-,35-,36-,37-,38+,39+,40-,41-,42+,43+,44-,45-,46-,47-,48+,49+,50-,51+,52+,53-,54+,55+,56+/m1/s1. The second-order valence-corrected chi connectivity index (χ2v) is 24.5. The van der Waals surface area contributed by atoms with Gasteiger partial charge in [0.25, 0.3) is 0 Å². The lowest BCUT2D eigenvalue weighted by Crippen LogP contribution is -2.70. The van der Waals surface area contributed by atoms with Crippen molar-refractivity contribution in [2.24, 2.45) is 0 Å². The molecule has 7 aliphatic rings. The van der Waals surface area contributed by atoms with E-state index in [9.17, 15) is 111 Å². The normalized spacial score (nSPS) is 45.8. The summed E-state index contributed by atoms with van der Waals surface area (Å²) < 4.78 is 81.3. The molecule has 552 valence electrons. The molecular formula is C56H97N3O36. The Hall–Kier alpha value is -2.91. The van der Waals surface area contributed by atoms with Crippen LogP contribution in [0.2, 0.25) is 0 Å². The maximum absolute atomic E-state index is 12.7. The fourth-order valence-electron chi connectivity index (χ4n) is 12.2. The molecule has 7 saturated heterocycles. The van der Waals surface area contributed by atoms with Gasteiger partial charge in [-0.2, -0.15) is 0 Å². The molecule has 0 aromatic rings. The van der Waals surface area contributed by atoms with E-state index in [-0.39, 0.29) is 6.61 Å². The predicted molar refractivity (Wildman–Crippen MR) is 304 cm³/mol. The molecule has 39 nitrogen and oxygen atoms in total. The second-order valence-electron chi connectivity index (χ2n) is 24.5. The van der Waals surface area contributed by atoms with E-state index >= 15 is 0 Å². The van der Waals surface area contributed by atoms with Gasteiger partial charge in [0.2, 0.25) is 17.7 Å². The topological polar surface area (TPSA) is 601 Å². The lowest BCUT2D eigenvalue weighted by molar-refractivity contribution is -0.382. The molecule has 95 heavy (non-hydrogen) atoms. The highest BCUT2D eigenvalue weighted by molar-refractivity contribution is 5.74. The highest BCUT2D eigenvalue weighted by Crippen LogP contribution is 2.37. The number of hydrogen-bond acceptors (Lipinski definition) is 36. The van der Waals surface area contributed by atoms with Gasteiger partial charge in [0, 0.05) is 27.4 Å². The van der Waals surface area contributed by atoms with E-state index < -0.39 is 279 Å². The number of hydrogen-bond donors (Lipinski definition) is 22. The third-order valence-corrected chi connectivity index (χ3v) is 17.5. The second kappa shape index (κ2) is 36.6. The summed E-state index contributed by atoms with van der Waals surface area (Å²) >= 11 is 0. The molecule has 0 saturated carbocycles. The van der Waals surface area contributed by atoms with Gasteiger partial charge in [0.15, 0.2) is 44.0 Å². The van der Waals surface area contributed by atoms with E-state index in [2.05, 4.69) is 22.9 Å². The number of aliphatic hydroxyl groups excluding tert-OH is 19. The summed E-state index contributed by atoms with van der Waals surface area (Å²) in [5.41, 5.74) is 0. The molecular weight excluding hydrogens is 1290 g/mol.